The number of rotatable bonds is 33. The number of nitrogens with zero attached hydrogens (tertiary/aromatic N) is 2. The van der Waals surface area contributed by atoms with Crippen LogP contribution in [0.5, 0.6) is 0 Å². The van der Waals surface area contributed by atoms with Crippen molar-refractivity contribution in [3.8, 4) is 0 Å². The summed E-state index contributed by atoms with van der Waals surface area (Å²) in [6.45, 7) is 10.6. The maximum absolute atomic E-state index is 2.67. The normalized spacial score (nSPS) is 15.1. The van der Waals surface area contributed by atoms with Crippen molar-refractivity contribution in [2.24, 2.45) is 0 Å². The number of hydrogen-bond acceptors (Lipinski definition) is 2. The summed E-state index contributed by atoms with van der Waals surface area (Å²) in [5, 5.41) is 0. The van der Waals surface area contributed by atoms with Crippen molar-refractivity contribution in [2.45, 2.75) is 239 Å². The lowest BCUT2D eigenvalue weighted by Crippen LogP contribution is -2.42. The first-order chi connectivity index (χ1) is 20.7. The molecule has 0 N–H and O–H groups in total. The summed E-state index contributed by atoms with van der Waals surface area (Å²) in [5.41, 5.74) is 0. The summed E-state index contributed by atoms with van der Waals surface area (Å²) >= 11 is 0. The van der Waals surface area contributed by atoms with Gasteiger partial charge in [-0.1, -0.05) is 194 Å². The van der Waals surface area contributed by atoms with Crippen molar-refractivity contribution >= 4 is 0 Å². The summed E-state index contributed by atoms with van der Waals surface area (Å²) in [4.78, 5) is 5.29. The van der Waals surface area contributed by atoms with E-state index in [2.05, 4.69) is 49.9 Å². The van der Waals surface area contributed by atoms with E-state index in [1.165, 1.54) is 206 Å². The van der Waals surface area contributed by atoms with Crippen molar-refractivity contribution in [1.82, 2.24) is 9.80 Å². The van der Waals surface area contributed by atoms with Crippen LogP contribution in [0.3, 0.4) is 0 Å². The van der Waals surface area contributed by atoms with Crippen molar-refractivity contribution < 1.29 is 0 Å². The van der Waals surface area contributed by atoms with Crippen molar-refractivity contribution in [3.05, 3.63) is 12.4 Å². The molecule has 250 valence electrons. The fourth-order valence-corrected chi connectivity index (χ4v) is 6.95. The smallest absolute Gasteiger partial charge is 0.101 e. The molecule has 1 aliphatic heterocycles. The molecule has 0 bridgehead atoms. The minimum atomic E-state index is 0.605. The SMILES string of the molecule is CCCCCCCCCCCCCCCCCCCC1N(CCCCCCCCCCCCCCC)C=CN1C(C)C. The third kappa shape index (κ3) is 22.8. The van der Waals surface area contributed by atoms with Crippen LogP contribution >= 0.6 is 0 Å². The Hall–Kier alpha value is -0.660. The molecule has 0 amide bonds. The highest BCUT2D eigenvalue weighted by Gasteiger charge is 2.26. The highest BCUT2D eigenvalue weighted by Crippen LogP contribution is 2.25. The van der Waals surface area contributed by atoms with Gasteiger partial charge in [0.15, 0.2) is 0 Å². The van der Waals surface area contributed by atoms with Gasteiger partial charge in [-0.25, -0.2) is 0 Å². The van der Waals surface area contributed by atoms with Crippen LogP contribution in [0, 0.1) is 0 Å². The second-order valence-corrected chi connectivity index (χ2v) is 14.2. The number of unbranched alkanes of at least 4 members (excludes halogenated alkanes) is 28. The monoisotopic (exact) mass is 589 g/mol. The minimum absolute atomic E-state index is 0.605. The van der Waals surface area contributed by atoms with Crippen LogP contribution in [-0.4, -0.2) is 28.6 Å². The predicted octanol–water partition coefficient (Wildman–Crippen LogP) is 13.9. The molecule has 1 unspecified atom stereocenters. The molecular formula is C40H80N2. The van der Waals surface area contributed by atoms with E-state index in [9.17, 15) is 0 Å². The van der Waals surface area contributed by atoms with Gasteiger partial charge in [-0.05, 0) is 33.1 Å². The molecule has 0 aromatic heterocycles. The van der Waals surface area contributed by atoms with Crippen LogP contribution in [0.1, 0.15) is 227 Å². The molecule has 0 spiro atoms. The van der Waals surface area contributed by atoms with E-state index >= 15 is 0 Å². The first-order valence-electron chi connectivity index (χ1n) is 19.9. The van der Waals surface area contributed by atoms with Gasteiger partial charge in [0.25, 0.3) is 0 Å². The lowest BCUT2D eigenvalue weighted by Gasteiger charge is -2.35. The van der Waals surface area contributed by atoms with E-state index in [0.29, 0.717) is 12.2 Å². The molecule has 1 aliphatic rings. The molecule has 1 atom stereocenters. The fraction of sp³-hybridized carbons (Fsp3) is 0.950. The first kappa shape index (κ1) is 39.4. The van der Waals surface area contributed by atoms with Crippen LogP contribution in [0.25, 0.3) is 0 Å². The average molecular weight is 589 g/mol. The summed E-state index contributed by atoms with van der Waals surface area (Å²) in [6.07, 6.45) is 50.2. The van der Waals surface area contributed by atoms with Gasteiger partial charge in [-0.2, -0.15) is 0 Å². The Balaban J connectivity index is 1.97. The third-order valence-corrected chi connectivity index (χ3v) is 9.84. The quantitative estimate of drug-likeness (QED) is 0.0703. The van der Waals surface area contributed by atoms with Crippen LogP contribution in [0.2, 0.25) is 0 Å². The Bertz CT molecular complexity index is 556. The molecule has 1 rings (SSSR count). The highest BCUT2D eigenvalue weighted by molar-refractivity contribution is 4.98. The van der Waals surface area contributed by atoms with Gasteiger partial charge in [-0.3, -0.25) is 0 Å². The van der Waals surface area contributed by atoms with E-state index in [1.54, 1.807) is 0 Å². The van der Waals surface area contributed by atoms with Gasteiger partial charge in [0.1, 0.15) is 6.17 Å². The third-order valence-electron chi connectivity index (χ3n) is 9.84. The van der Waals surface area contributed by atoms with Gasteiger partial charge >= 0.3 is 0 Å². The Labute approximate surface area is 267 Å². The molecule has 0 saturated carbocycles. The van der Waals surface area contributed by atoms with Gasteiger partial charge in [-0.15, -0.1) is 0 Å². The van der Waals surface area contributed by atoms with Crippen molar-refractivity contribution in [3.63, 3.8) is 0 Å². The molecule has 2 nitrogen and oxygen atoms in total. The van der Waals surface area contributed by atoms with Gasteiger partial charge in [0, 0.05) is 25.0 Å². The Morgan fingerprint density at radius 1 is 0.405 bits per heavy atom. The molecule has 0 aliphatic carbocycles. The van der Waals surface area contributed by atoms with Gasteiger partial charge in [0.05, 0.1) is 0 Å². The number of hydrogen-bond donors (Lipinski definition) is 0. The molecule has 0 aromatic rings. The van der Waals surface area contributed by atoms with Crippen LogP contribution in [-0.2, 0) is 0 Å². The standard InChI is InChI=1S/C40H80N2/c1-5-7-9-11-13-15-17-19-20-21-22-23-25-27-29-31-33-35-40-41(37-38-42(40)39(3)4)36-34-32-30-28-26-24-18-16-14-12-10-8-6-2/h37-40H,5-36H2,1-4H3. The highest BCUT2D eigenvalue weighted by atomic mass is 15.4. The van der Waals surface area contributed by atoms with Crippen LogP contribution < -0.4 is 0 Å². The zero-order valence-electron chi connectivity index (χ0n) is 29.8. The maximum Gasteiger partial charge on any atom is 0.101 e. The van der Waals surface area contributed by atoms with E-state index in [1.807, 2.05) is 0 Å². The topological polar surface area (TPSA) is 6.48 Å². The van der Waals surface area contributed by atoms with Gasteiger partial charge in [0.2, 0.25) is 0 Å². The molecule has 1 heterocycles. The van der Waals surface area contributed by atoms with E-state index in [4.69, 9.17) is 0 Å². The largest absolute Gasteiger partial charge is 0.356 e. The summed E-state index contributed by atoms with van der Waals surface area (Å²) in [5.74, 6) is 0. The molecule has 0 fully saturated rings. The zero-order chi connectivity index (χ0) is 30.4. The predicted molar refractivity (Wildman–Crippen MR) is 191 cm³/mol. The molecule has 0 aromatic carbocycles. The zero-order valence-corrected chi connectivity index (χ0v) is 29.8. The maximum atomic E-state index is 2.67. The summed E-state index contributed by atoms with van der Waals surface area (Å²) in [6, 6.07) is 0.605. The Kier molecular flexibility index (Phi) is 28.5. The summed E-state index contributed by atoms with van der Waals surface area (Å²) < 4.78 is 0. The summed E-state index contributed by atoms with van der Waals surface area (Å²) in [7, 11) is 0. The van der Waals surface area contributed by atoms with Crippen molar-refractivity contribution in [2.75, 3.05) is 6.54 Å². The van der Waals surface area contributed by atoms with E-state index in [-0.39, 0.29) is 0 Å². The Morgan fingerprint density at radius 3 is 1.05 bits per heavy atom. The second-order valence-electron chi connectivity index (χ2n) is 14.2. The average Bonchev–Trinajstić information content (AvgIpc) is 3.40. The molecule has 0 radical (unpaired) electrons. The van der Waals surface area contributed by atoms with E-state index in [0.717, 1.165) is 0 Å². The van der Waals surface area contributed by atoms with Gasteiger partial charge < -0.3 is 9.80 Å². The lowest BCUT2D eigenvalue weighted by atomic mass is 10.0. The molecule has 0 saturated heterocycles. The Morgan fingerprint density at radius 2 is 0.714 bits per heavy atom. The molecule has 2 heteroatoms. The van der Waals surface area contributed by atoms with Crippen LogP contribution in [0.4, 0.5) is 0 Å². The lowest BCUT2D eigenvalue weighted by molar-refractivity contribution is 0.114. The van der Waals surface area contributed by atoms with E-state index < -0.39 is 0 Å². The molecule has 42 heavy (non-hydrogen) atoms. The van der Waals surface area contributed by atoms with Crippen LogP contribution in [0.15, 0.2) is 12.4 Å². The van der Waals surface area contributed by atoms with Crippen molar-refractivity contribution in [1.29, 1.82) is 0 Å². The molecular weight excluding hydrogens is 508 g/mol. The minimum Gasteiger partial charge on any atom is -0.356 e. The second kappa shape index (κ2) is 30.4. The first-order valence-corrected chi connectivity index (χ1v) is 19.9. The fourth-order valence-electron chi connectivity index (χ4n) is 6.95.